The standard InChI is InChI=1S/C22H25FN2O3.ClH/c1-16-7-2-3-9-18(16)21(19-10-4-5-11-20(19)23)24-28-14-13-25-12-6-8-17(15-25)22(26)27;/h2-5,7,9-11,17H,6,8,12-15H2,1H3,(H,26,27);1H/t17-;/m1./s1. The SMILES string of the molecule is Cc1ccccc1C(=NOCCN1CCC[C@@H](C(=O)O)C1)c1ccccc1F.Cl. The van der Waals surface area contributed by atoms with E-state index in [0.29, 0.717) is 31.0 Å². The Morgan fingerprint density at radius 3 is 2.59 bits per heavy atom. The first-order valence-corrected chi connectivity index (χ1v) is 9.52. The predicted octanol–water partition coefficient (Wildman–Crippen LogP) is 4.12. The smallest absolute Gasteiger partial charge is 0.307 e. The summed E-state index contributed by atoms with van der Waals surface area (Å²) in [5.41, 5.74) is 2.64. The van der Waals surface area contributed by atoms with Crippen molar-refractivity contribution in [3.05, 3.63) is 71.0 Å². The molecule has 0 radical (unpaired) electrons. The molecule has 3 rings (SSSR count). The van der Waals surface area contributed by atoms with Gasteiger partial charge in [-0.1, -0.05) is 41.6 Å². The van der Waals surface area contributed by atoms with Gasteiger partial charge < -0.3 is 9.94 Å². The number of nitrogens with zero attached hydrogens (tertiary/aromatic N) is 2. The van der Waals surface area contributed by atoms with Gasteiger partial charge in [0.2, 0.25) is 0 Å². The Bertz CT molecular complexity index is 812. The Hall–Kier alpha value is -2.44. The highest BCUT2D eigenvalue weighted by Crippen LogP contribution is 2.19. The van der Waals surface area contributed by atoms with E-state index in [1.807, 2.05) is 31.2 Å². The normalized spacial score (nSPS) is 17.4. The molecule has 0 spiro atoms. The molecule has 1 heterocycles. The van der Waals surface area contributed by atoms with Gasteiger partial charge in [-0.15, -0.1) is 12.4 Å². The van der Waals surface area contributed by atoms with E-state index in [1.165, 1.54) is 6.07 Å². The van der Waals surface area contributed by atoms with Crippen LogP contribution in [0.5, 0.6) is 0 Å². The second kappa shape index (κ2) is 10.9. The number of oxime groups is 1. The van der Waals surface area contributed by atoms with Gasteiger partial charge in [0.05, 0.1) is 5.92 Å². The molecule has 0 unspecified atom stereocenters. The zero-order chi connectivity index (χ0) is 19.9. The Morgan fingerprint density at radius 1 is 1.21 bits per heavy atom. The van der Waals surface area contributed by atoms with Crippen molar-refractivity contribution in [2.24, 2.45) is 11.1 Å². The first kappa shape index (κ1) is 22.8. The van der Waals surface area contributed by atoms with Crippen LogP contribution in [0.15, 0.2) is 53.7 Å². The maximum Gasteiger partial charge on any atom is 0.307 e. The second-order valence-electron chi connectivity index (χ2n) is 7.05. The zero-order valence-corrected chi connectivity index (χ0v) is 17.2. The van der Waals surface area contributed by atoms with E-state index in [0.717, 1.165) is 30.5 Å². The van der Waals surface area contributed by atoms with Crippen LogP contribution in [0, 0.1) is 18.7 Å². The summed E-state index contributed by atoms with van der Waals surface area (Å²) in [5.74, 6) is -1.42. The first-order chi connectivity index (χ1) is 13.6. The van der Waals surface area contributed by atoms with E-state index in [-0.39, 0.29) is 24.1 Å². The van der Waals surface area contributed by atoms with Crippen LogP contribution in [0.4, 0.5) is 4.39 Å². The number of benzene rings is 2. The summed E-state index contributed by atoms with van der Waals surface area (Å²) < 4.78 is 14.4. The Morgan fingerprint density at radius 2 is 1.90 bits per heavy atom. The monoisotopic (exact) mass is 420 g/mol. The van der Waals surface area contributed by atoms with Crippen molar-refractivity contribution in [1.29, 1.82) is 0 Å². The number of piperidine rings is 1. The fourth-order valence-corrected chi connectivity index (χ4v) is 3.48. The van der Waals surface area contributed by atoms with Crippen LogP contribution in [0.1, 0.15) is 29.5 Å². The van der Waals surface area contributed by atoms with E-state index >= 15 is 0 Å². The van der Waals surface area contributed by atoms with Crippen LogP contribution in [0.2, 0.25) is 0 Å². The minimum atomic E-state index is -0.745. The number of aliphatic carboxylic acids is 1. The molecule has 1 aliphatic rings. The summed E-state index contributed by atoms with van der Waals surface area (Å²) in [6.07, 6.45) is 1.58. The largest absolute Gasteiger partial charge is 0.481 e. The summed E-state index contributed by atoms with van der Waals surface area (Å²) in [7, 11) is 0. The predicted molar refractivity (Wildman–Crippen MR) is 113 cm³/mol. The Labute approximate surface area is 176 Å². The molecular weight excluding hydrogens is 395 g/mol. The van der Waals surface area contributed by atoms with Crippen molar-refractivity contribution in [2.45, 2.75) is 19.8 Å². The molecule has 2 aromatic carbocycles. The van der Waals surface area contributed by atoms with Crippen molar-refractivity contribution in [3.63, 3.8) is 0 Å². The lowest BCUT2D eigenvalue weighted by molar-refractivity contribution is -0.143. The van der Waals surface area contributed by atoms with Gasteiger partial charge in [0.25, 0.3) is 0 Å². The molecule has 1 N–H and O–H groups in total. The molecule has 2 aromatic rings. The molecule has 156 valence electrons. The number of hydrogen-bond acceptors (Lipinski definition) is 4. The van der Waals surface area contributed by atoms with Gasteiger partial charge in [-0.05, 0) is 44.0 Å². The van der Waals surface area contributed by atoms with Crippen LogP contribution in [-0.4, -0.2) is 47.9 Å². The van der Waals surface area contributed by atoms with E-state index in [2.05, 4.69) is 10.1 Å². The molecule has 1 fully saturated rings. The van der Waals surface area contributed by atoms with Crippen molar-refractivity contribution >= 4 is 24.1 Å². The summed E-state index contributed by atoms with van der Waals surface area (Å²) >= 11 is 0. The second-order valence-corrected chi connectivity index (χ2v) is 7.05. The third-order valence-electron chi connectivity index (χ3n) is 5.04. The van der Waals surface area contributed by atoms with Crippen LogP contribution < -0.4 is 0 Å². The highest BCUT2D eigenvalue weighted by Gasteiger charge is 2.25. The van der Waals surface area contributed by atoms with Crippen molar-refractivity contribution in [2.75, 3.05) is 26.2 Å². The highest BCUT2D eigenvalue weighted by atomic mass is 35.5. The minimum absolute atomic E-state index is 0. The molecule has 0 saturated carbocycles. The van der Waals surface area contributed by atoms with E-state index < -0.39 is 5.97 Å². The minimum Gasteiger partial charge on any atom is -0.481 e. The molecule has 0 amide bonds. The Balaban J connectivity index is 0.00000300. The van der Waals surface area contributed by atoms with Gasteiger partial charge in [-0.2, -0.15) is 0 Å². The van der Waals surface area contributed by atoms with Gasteiger partial charge in [0.15, 0.2) is 0 Å². The number of carboxylic acids is 1. The number of carbonyl (C=O) groups is 1. The molecule has 1 aliphatic heterocycles. The van der Waals surface area contributed by atoms with E-state index in [4.69, 9.17) is 4.84 Å². The molecule has 7 heteroatoms. The number of aryl methyl sites for hydroxylation is 1. The first-order valence-electron chi connectivity index (χ1n) is 9.52. The maximum atomic E-state index is 14.4. The third-order valence-corrected chi connectivity index (χ3v) is 5.04. The highest BCUT2D eigenvalue weighted by molar-refractivity contribution is 6.13. The summed E-state index contributed by atoms with van der Waals surface area (Å²) in [6.45, 7) is 4.24. The van der Waals surface area contributed by atoms with Crippen molar-refractivity contribution in [1.82, 2.24) is 4.90 Å². The van der Waals surface area contributed by atoms with Crippen LogP contribution in [-0.2, 0) is 9.63 Å². The number of halogens is 2. The topological polar surface area (TPSA) is 62.1 Å². The van der Waals surface area contributed by atoms with Crippen molar-refractivity contribution in [3.8, 4) is 0 Å². The molecule has 5 nitrogen and oxygen atoms in total. The fraction of sp³-hybridized carbons (Fsp3) is 0.364. The third kappa shape index (κ3) is 6.02. The lowest BCUT2D eigenvalue weighted by Crippen LogP contribution is -2.40. The molecule has 0 aliphatic carbocycles. The lowest BCUT2D eigenvalue weighted by Gasteiger charge is -2.30. The maximum absolute atomic E-state index is 14.4. The Kier molecular flexibility index (Phi) is 8.61. The molecule has 0 aromatic heterocycles. The number of rotatable bonds is 7. The molecule has 0 bridgehead atoms. The summed E-state index contributed by atoms with van der Waals surface area (Å²) in [5, 5.41) is 13.4. The summed E-state index contributed by atoms with van der Waals surface area (Å²) in [4.78, 5) is 18.8. The lowest BCUT2D eigenvalue weighted by atomic mass is 9.98. The van der Waals surface area contributed by atoms with Crippen LogP contribution in [0.25, 0.3) is 0 Å². The fourth-order valence-electron chi connectivity index (χ4n) is 3.48. The van der Waals surface area contributed by atoms with E-state index in [1.54, 1.807) is 18.2 Å². The van der Waals surface area contributed by atoms with E-state index in [9.17, 15) is 14.3 Å². The zero-order valence-electron chi connectivity index (χ0n) is 16.4. The molecule has 1 atom stereocenters. The number of carboxylic acid groups (broad SMARTS) is 1. The van der Waals surface area contributed by atoms with Gasteiger partial charge in [0.1, 0.15) is 18.1 Å². The van der Waals surface area contributed by atoms with Crippen LogP contribution in [0.3, 0.4) is 0 Å². The average Bonchev–Trinajstić information content (AvgIpc) is 2.70. The molecular formula is C22H26ClFN2O3. The molecule has 29 heavy (non-hydrogen) atoms. The van der Waals surface area contributed by atoms with Gasteiger partial charge in [0, 0.05) is 24.2 Å². The van der Waals surface area contributed by atoms with Gasteiger partial charge >= 0.3 is 5.97 Å². The van der Waals surface area contributed by atoms with Crippen LogP contribution >= 0.6 is 12.4 Å². The van der Waals surface area contributed by atoms with Gasteiger partial charge in [-0.25, -0.2) is 4.39 Å². The average molecular weight is 421 g/mol. The number of likely N-dealkylation sites (tertiary alicyclic amines) is 1. The molecule has 1 saturated heterocycles. The van der Waals surface area contributed by atoms with Crippen molar-refractivity contribution < 1.29 is 19.1 Å². The number of hydrogen-bond donors (Lipinski definition) is 1. The quantitative estimate of drug-likeness (QED) is 0.415. The van der Waals surface area contributed by atoms with Gasteiger partial charge in [-0.3, -0.25) is 9.69 Å². The summed E-state index contributed by atoms with van der Waals surface area (Å²) in [6, 6.07) is 14.2.